The average Bonchev–Trinajstić information content (AvgIpc) is 3.01. The second-order valence-corrected chi connectivity index (χ2v) is 6.61. The van der Waals surface area contributed by atoms with Gasteiger partial charge in [-0.25, -0.2) is 0 Å². The van der Waals surface area contributed by atoms with Crippen molar-refractivity contribution < 1.29 is 4.74 Å². The van der Waals surface area contributed by atoms with Crippen LogP contribution < -0.4 is 4.74 Å². The maximum atomic E-state index is 5.36. The highest BCUT2D eigenvalue weighted by Crippen LogP contribution is 2.41. The van der Waals surface area contributed by atoms with Crippen molar-refractivity contribution in [3.05, 3.63) is 78.9 Å². The molecule has 2 nitrogen and oxygen atoms in total. The fraction of sp³-hybridized carbons (Fsp3) is 0.0476. The highest BCUT2D eigenvalue weighted by Gasteiger charge is 2.14. The van der Waals surface area contributed by atoms with Crippen molar-refractivity contribution in [1.29, 1.82) is 0 Å². The first-order chi connectivity index (χ1) is 11.8. The lowest BCUT2D eigenvalue weighted by Crippen LogP contribution is -1.83. The van der Waals surface area contributed by atoms with Crippen molar-refractivity contribution in [2.45, 2.75) is 9.79 Å². The van der Waals surface area contributed by atoms with Crippen LogP contribution in [0.3, 0.4) is 0 Å². The number of H-pyrrole nitrogens is 1. The normalized spacial score (nSPS) is 10.9. The molecule has 0 amide bonds. The van der Waals surface area contributed by atoms with Gasteiger partial charge in [-0.15, -0.1) is 0 Å². The van der Waals surface area contributed by atoms with Gasteiger partial charge in [0.15, 0.2) is 0 Å². The van der Waals surface area contributed by atoms with Gasteiger partial charge in [-0.2, -0.15) is 0 Å². The summed E-state index contributed by atoms with van der Waals surface area (Å²) >= 11 is 1.76. The first-order valence-electron chi connectivity index (χ1n) is 7.83. The molecule has 1 aromatic heterocycles. The van der Waals surface area contributed by atoms with E-state index < -0.39 is 0 Å². The molecule has 0 saturated carbocycles. The Morgan fingerprint density at radius 1 is 0.833 bits per heavy atom. The van der Waals surface area contributed by atoms with Crippen LogP contribution in [0.15, 0.2) is 88.7 Å². The van der Waals surface area contributed by atoms with E-state index in [0.717, 1.165) is 21.9 Å². The molecule has 0 saturated heterocycles. The Bertz CT molecular complexity index is 975. The summed E-state index contributed by atoms with van der Waals surface area (Å²) in [5.74, 6) is 0.876. The molecule has 0 radical (unpaired) electrons. The van der Waals surface area contributed by atoms with Gasteiger partial charge in [0.2, 0.25) is 0 Å². The molecule has 0 fully saturated rings. The molecule has 1 heterocycles. The fourth-order valence-corrected chi connectivity index (χ4v) is 3.93. The lowest BCUT2D eigenvalue weighted by Gasteiger charge is -2.07. The van der Waals surface area contributed by atoms with Crippen molar-refractivity contribution >= 4 is 22.7 Å². The van der Waals surface area contributed by atoms with E-state index in [2.05, 4.69) is 65.6 Å². The van der Waals surface area contributed by atoms with Gasteiger partial charge in [0.25, 0.3) is 0 Å². The molecule has 0 aliphatic rings. The van der Waals surface area contributed by atoms with Gasteiger partial charge < -0.3 is 9.72 Å². The summed E-state index contributed by atoms with van der Waals surface area (Å²) in [6, 6.07) is 27.1. The van der Waals surface area contributed by atoms with Crippen LogP contribution in [0.2, 0.25) is 0 Å². The smallest absolute Gasteiger partial charge is 0.119 e. The minimum absolute atomic E-state index is 0.876. The zero-order chi connectivity index (χ0) is 16.4. The Labute approximate surface area is 145 Å². The molecule has 0 unspecified atom stereocenters. The Morgan fingerprint density at radius 3 is 2.46 bits per heavy atom. The van der Waals surface area contributed by atoms with Crippen molar-refractivity contribution in [2.24, 2.45) is 0 Å². The molecule has 24 heavy (non-hydrogen) atoms. The molecule has 0 aliphatic carbocycles. The molecular formula is C21H17NOS. The number of fused-ring (bicyclic) bond motifs is 1. The van der Waals surface area contributed by atoms with Crippen LogP contribution in [-0.4, -0.2) is 12.1 Å². The van der Waals surface area contributed by atoms with Crippen molar-refractivity contribution in [3.8, 4) is 17.0 Å². The summed E-state index contributed by atoms with van der Waals surface area (Å²) in [5.41, 5.74) is 3.51. The standard InChI is InChI=1S/C21H17NOS/c1-23-16-10-7-11-17(14-16)24-21-18-12-5-6-13-19(18)22-20(21)15-8-3-2-4-9-15/h2-14,22H,1H3. The fourth-order valence-electron chi connectivity index (χ4n) is 2.81. The topological polar surface area (TPSA) is 25.0 Å². The van der Waals surface area contributed by atoms with Crippen LogP contribution >= 0.6 is 11.8 Å². The van der Waals surface area contributed by atoms with E-state index >= 15 is 0 Å². The minimum atomic E-state index is 0.876. The zero-order valence-corrected chi connectivity index (χ0v) is 14.1. The molecule has 0 spiro atoms. The van der Waals surface area contributed by atoms with Crippen LogP contribution in [-0.2, 0) is 0 Å². The van der Waals surface area contributed by atoms with E-state index in [1.54, 1.807) is 18.9 Å². The Hall–Kier alpha value is -2.65. The van der Waals surface area contributed by atoms with E-state index in [0.29, 0.717) is 0 Å². The summed E-state index contributed by atoms with van der Waals surface area (Å²) < 4.78 is 5.36. The van der Waals surface area contributed by atoms with E-state index in [-0.39, 0.29) is 0 Å². The van der Waals surface area contributed by atoms with Gasteiger partial charge in [0.1, 0.15) is 5.75 Å². The summed E-state index contributed by atoms with van der Waals surface area (Å²) in [6.45, 7) is 0. The van der Waals surface area contributed by atoms with E-state index in [1.165, 1.54) is 15.8 Å². The number of ether oxygens (including phenoxy) is 1. The third kappa shape index (κ3) is 2.79. The second kappa shape index (κ2) is 6.46. The average molecular weight is 331 g/mol. The maximum Gasteiger partial charge on any atom is 0.119 e. The quantitative estimate of drug-likeness (QED) is 0.496. The second-order valence-electron chi connectivity index (χ2n) is 5.52. The number of methoxy groups -OCH3 is 1. The van der Waals surface area contributed by atoms with E-state index in [4.69, 9.17) is 4.74 Å². The van der Waals surface area contributed by atoms with Gasteiger partial charge >= 0.3 is 0 Å². The Balaban J connectivity index is 1.86. The number of nitrogens with one attached hydrogen (secondary N) is 1. The van der Waals surface area contributed by atoms with E-state index in [9.17, 15) is 0 Å². The maximum absolute atomic E-state index is 5.36. The van der Waals surface area contributed by atoms with Crippen LogP contribution in [0, 0.1) is 0 Å². The predicted molar refractivity (Wildman–Crippen MR) is 101 cm³/mol. The first kappa shape index (κ1) is 14.9. The Kier molecular flexibility index (Phi) is 4.01. The number of rotatable bonds is 4. The number of hydrogen-bond acceptors (Lipinski definition) is 2. The highest BCUT2D eigenvalue weighted by atomic mass is 32.2. The lowest BCUT2D eigenvalue weighted by molar-refractivity contribution is 0.413. The van der Waals surface area contributed by atoms with Crippen molar-refractivity contribution in [1.82, 2.24) is 4.98 Å². The zero-order valence-electron chi connectivity index (χ0n) is 13.3. The van der Waals surface area contributed by atoms with Crippen molar-refractivity contribution in [3.63, 3.8) is 0 Å². The molecule has 4 rings (SSSR count). The number of aromatic nitrogens is 1. The molecule has 3 heteroatoms. The van der Waals surface area contributed by atoms with Crippen molar-refractivity contribution in [2.75, 3.05) is 7.11 Å². The molecule has 4 aromatic rings. The van der Waals surface area contributed by atoms with Crippen LogP contribution in [0.5, 0.6) is 5.75 Å². The number of hydrogen-bond donors (Lipinski definition) is 1. The third-order valence-electron chi connectivity index (χ3n) is 3.98. The number of aromatic amines is 1. The monoisotopic (exact) mass is 331 g/mol. The molecule has 1 N–H and O–H groups in total. The largest absolute Gasteiger partial charge is 0.497 e. The van der Waals surface area contributed by atoms with Crippen LogP contribution in [0.25, 0.3) is 22.2 Å². The third-order valence-corrected chi connectivity index (χ3v) is 5.10. The van der Waals surface area contributed by atoms with Crippen LogP contribution in [0.1, 0.15) is 0 Å². The van der Waals surface area contributed by atoms with E-state index in [1.807, 2.05) is 18.2 Å². The van der Waals surface area contributed by atoms with Gasteiger partial charge in [-0.3, -0.25) is 0 Å². The summed E-state index contributed by atoms with van der Waals surface area (Å²) in [7, 11) is 1.70. The summed E-state index contributed by atoms with van der Waals surface area (Å²) in [5, 5.41) is 1.24. The molecule has 118 valence electrons. The SMILES string of the molecule is COc1cccc(Sc2c(-c3ccccc3)[nH]c3ccccc23)c1. The summed E-state index contributed by atoms with van der Waals surface area (Å²) in [4.78, 5) is 5.98. The van der Waals surface area contributed by atoms with Crippen LogP contribution in [0.4, 0.5) is 0 Å². The number of para-hydroxylation sites is 1. The minimum Gasteiger partial charge on any atom is -0.497 e. The first-order valence-corrected chi connectivity index (χ1v) is 8.65. The summed E-state index contributed by atoms with van der Waals surface area (Å²) in [6.07, 6.45) is 0. The highest BCUT2D eigenvalue weighted by molar-refractivity contribution is 7.99. The predicted octanol–water partition coefficient (Wildman–Crippen LogP) is 5.99. The van der Waals surface area contributed by atoms with Gasteiger partial charge in [-0.05, 0) is 29.8 Å². The molecule has 3 aromatic carbocycles. The molecule has 0 bridgehead atoms. The lowest BCUT2D eigenvalue weighted by atomic mass is 10.1. The van der Waals surface area contributed by atoms with Gasteiger partial charge in [-0.1, -0.05) is 66.4 Å². The van der Waals surface area contributed by atoms with Gasteiger partial charge in [0, 0.05) is 20.7 Å². The Morgan fingerprint density at radius 2 is 1.62 bits per heavy atom. The molecule has 0 atom stereocenters. The molecular weight excluding hydrogens is 314 g/mol. The van der Waals surface area contributed by atoms with Gasteiger partial charge in [0.05, 0.1) is 12.8 Å². The molecule has 0 aliphatic heterocycles. The number of benzene rings is 3.